The van der Waals surface area contributed by atoms with E-state index in [0.717, 1.165) is 22.4 Å². The molecule has 0 saturated heterocycles. The van der Waals surface area contributed by atoms with E-state index in [0.29, 0.717) is 5.02 Å². The van der Waals surface area contributed by atoms with Crippen molar-refractivity contribution in [3.05, 3.63) is 63.7 Å². The van der Waals surface area contributed by atoms with Crippen LogP contribution in [-0.4, -0.2) is 18.7 Å². The molecule has 0 radical (unpaired) electrons. The molecule has 0 saturated carbocycles. The maximum atomic E-state index is 11.8. The average molecular weight is 330 g/mol. The number of hydrogen-bond donors (Lipinski definition) is 2. The summed E-state index contributed by atoms with van der Waals surface area (Å²) in [6, 6.07) is 11.5. The predicted molar refractivity (Wildman–Crippen MR) is 96.3 cm³/mol. The van der Waals surface area contributed by atoms with Crippen LogP contribution in [0, 0.1) is 20.8 Å². The zero-order valence-corrected chi connectivity index (χ0v) is 14.2. The van der Waals surface area contributed by atoms with Gasteiger partial charge in [0.05, 0.1) is 23.5 Å². The second-order valence-electron chi connectivity index (χ2n) is 5.44. The number of halogens is 1. The second kappa shape index (κ2) is 7.79. The Balaban J connectivity index is 1.91. The van der Waals surface area contributed by atoms with Crippen LogP contribution >= 0.6 is 11.6 Å². The summed E-state index contributed by atoms with van der Waals surface area (Å²) in [5, 5.41) is 7.58. The fourth-order valence-corrected chi connectivity index (χ4v) is 2.59. The Morgan fingerprint density at radius 2 is 1.83 bits per heavy atom. The second-order valence-corrected chi connectivity index (χ2v) is 5.85. The highest BCUT2D eigenvalue weighted by atomic mass is 35.5. The Hall–Kier alpha value is -2.33. The smallest absolute Gasteiger partial charge is 0.259 e. The van der Waals surface area contributed by atoms with Crippen LogP contribution in [0.2, 0.25) is 5.02 Å². The minimum Gasteiger partial charge on any atom is -0.375 e. The first kappa shape index (κ1) is 17.0. The molecular formula is C18H20ClN3O. The van der Waals surface area contributed by atoms with Gasteiger partial charge in [0.15, 0.2) is 0 Å². The highest BCUT2D eigenvalue weighted by Gasteiger charge is 2.03. The van der Waals surface area contributed by atoms with Gasteiger partial charge in [0, 0.05) is 5.56 Å². The van der Waals surface area contributed by atoms with E-state index in [-0.39, 0.29) is 12.5 Å². The lowest BCUT2D eigenvalue weighted by Gasteiger charge is -2.08. The fourth-order valence-electron chi connectivity index (χ4n) is 2.38. The molecule has 23 heavy (non-hydrogen) atoms. The topological polar surface area (TPSA) is 53.5 Å². The van der Waals surface area contributed by atoms with Crippen LogP contribution in [0.4, 0.5) is 5.69 Å². The molecule has 0 atom stereocenters. The van der Waals surface area contributed by atoms with Crippen LogP contribution in [0.15, 0.2) is 41.5 Å². The van der Waals surface area contributed by atoms with Gasteiger partial charge in [-0.25, -0.2) is 5.43 Å². The molecule has 120 valence electrons. The number of amides is 1. The van der Waals surface area contributed by atoms with E-state index >= 15 is 0 Å². The molecule has 0 aliphatic heterocycles. The van der Waals surface area contributed by atoms with E-state index in [4.69, 9.17) is 11.6 Å². The molecule has 0 fully saturated rings. The standard InChI is InChI=1S/C18H20ClN3O/c1-12-8-13(2)15(14(3)9-12)10-21-22-18(23)11-20-17-7-5-4-6-16(17)19/h4-10,20H,11H2,1-3H3,(H,22,23)/b21-10+. The molecule has 0 aliphatic rings. The summed E-state index contributed by atoms with van der Waals surface area (Å²) >= 11 is 6.02. The van der Waals surface area contributed by atoms with Gasteiger partial charge in [0.25, 0.3) is 5.91 Å². The van der Waals surface area contributed by atoms with Crippen molar-refractivity contribution < 1.29 is 4.79 Å². The first-order valence-corrected chi connectivity index (χ1v) is 7.73. The van der Waals surface area contributed by atoms with E-state index < -0.39 is 0 Å². The Morgan fingerprint density at radius 1 is 1.17 bits per heavy atom. The van der Waals surface area contributed by atoms with Gasteiger partial charge in [-0.2, -0.15) is 5.10 Å². The van der Waals surface area contributed by atoms with Gasteiger partial charge >= 0.3 is 0 Å². The molecule has 0 spiro atoms. The fraction of sp³-hybridized carbons (Fsp3) is 0.222. The number of aryl methyl sites for hydroxylation is 3. The molecule has 2 N–H and O–H groups in total. The van der Waals surface area contributed by atoms with Gasteiger partial charge in [-0.05, 0) is 44.0 Å². The van der Waals surface area contributed by atoms with Gasteiger partial charge in [-0.15, -0.1) is 0 Å². The summed E-state index contributed by atoms with van der Waals surface area (Å²) < 4.78 is 0. The highest BCUT2D eigenvalue weighted by molar-refractivity contribution is 6.33. The molecule has 0 unspecified atom stereocenters. The third-order valence-electron chi connectivity index (χ3n) is 3.43. The Kier molecular flexibility index (Phi) is 5.77. The molecular weight excluding hydrogens is 310 g/mol. The number of hydrazone groups is 1. The van der Waals surface area contributed by atoms with Crippen LogP contribution in [0.3, 0.4) is 0 Å². The number of rotatable bonds is 5. The maximum absolute atomic E-state index is 11.8. The first-order valence-electron chi connectivity index (χ1n) is 7.35. The lowest BCUT2D eigenvalue weighted by Crippen LogP contribution is -2.26. The number of benzene rings is 2. The van der Waals surface area contributed by atoms with Crippen LogP contribution in [0.25, 0.3) is 0 Å². The quantitative estimate of drug-likeness (QED) is 0.647. The van der Waals surface area contributed by atoms with Crippen molar-refractivity contribution in [2.75, 3.05) is 11.9 Å². The number of anilines is 1. The number of carbonyl (C=O) groups is 1. The zero-order valence-electron chi connectivity index (χ0n) is 13.5. The van der Waals surface area contributed by atoms with Gasteiger partial charge in [-0.1, -0.05) is 41.4 Å². The summed E-state index contributed by atoms with van der Waals surface area (Å²) in [7, 11) is 0. The monoisotopic (exact) mass is 329 g/mol. The van der Waals surface area contributed by atoms with E-state index in [9.17, 15) is 4.79 Å². The number of para-hydroxylation sites is 1. The van der Waals surface area contributed by atoms with Gasteiger partial charge in [0.1, 0.15) is 0 Å². The van der Waals surface area contributed by atoms with Crippen molar-refractivity contribution in [2.45, 2.75) is 20.8 Å². The molecule has 0 aromatic heterocycles. The number of nitrogens with one attached hydrogen (secondary N) is 2. The van der Waals surface area contributed by atoms with E-state index in [1.54, 1.807) is 12.3 Å². The van der Waals surface area contributed by atoms with E-state index in [1.807, 2.05) is 32.0 Å². The van der Waals surface area contributed by atoms with Crippen molar-refractivity contribution in [1.29, 1.82) is 0 Å². The first-order chi connectivity index (χ1) is 11.0. The molecule has 0 aliphatic carbocycles. The summed E-state index contributed by atoms with van der Waals surface area (Å²) in [6.07, 6.45) is 1.68. The van der Waals surface area contributed by atoms with E-state index in [2.05, 4.69) is 34.9 Å². The van der Waals surface area contributed by atoms with Gasteiger partial charge in [0.2, 0.25) is 0 Å². The van der Waals surface area contributed by atoms with Crippen LogP contribution in [0.5, 0.6) is 0 Å². The molecule has 4 nitrogen and oxygen atoms in total. The molecule has 1 amide bonds. The summed E-state index contributed by atoms with van der Waals surface area (Å²) in [5.41, 5.74) is 7.74. The lowest BCUT2D eigenvalue weighted by molar-refractivity contribution is -0.119. The SMILES string of the molecule is Cc1cc(C)c(/C=N/NC(=O)CNc2ccccc2Cl)c(C)c1. The lowest BCUT2D eigenvalue weighted by atomic mass is 10.0. The third kappa shape index (κ3) is 4.83. The summed E-state index contributed by atoms with van der Waals surface area (Å²) in [5.74, 6) is -0.233. The maximum Gasteiger partial charge on any atom is 0.259 e. The Morgan fingerprint density at radius 3 is 2.48 bits per heavy atom. The molecule has 2 rings (SSSR count). The van der Waals surface area contributed by atoms with Crippen molar-refractivity contribution in [2.24, 2.45) is 5.10 Å². The predicted octanol–water partition coefficient (Wildman–Crippen LogP) is 3.83. The third-order valence-corrected chi connectivity index (χ3v) is 3.76. The highest BCUT2D eigenvalue weighted by Crippen LogP contribution is 2.19. The number of hydrogen-bond acceptors (Lipinski definition) is 3. The molecule has 2 aromatic carbocycles. The van der Waals surface area contributed by atoms with Gasteiger partial charge in [-0.3, -0.25) is 4.79 Å². The normalized spacial score (nSPS) is 10.8. The van der Waals surface area contributed by atoms with E-state index in [1.165, 1.54) is 5.56 Å². The van der Waals surface area contributed by atoms with Crippen molar-refractivity contribution in [3.8, 4) is 0 Å². The minimum atomic E-state index is -0.233. The summed E-state index contributed by atoms with van der Waals surface area (Å²) in [4.78, 5) is 11.8. The average Bonchev–Trinajstić information content (AvgIpc) is 2.49. The Labute approximate surface area is 141 Å². The minimum absolute atomic E-state index is 0.104. The molecule has 0 heterocycles. The van der Waals surface area contributed by atoms with Crippen LogP contribution < -0.4 is 10.7 Å². The number of nitrogens with zero attached hydrogens (tertiary/aromatic N) is 1. The zero-order chi connectivity index (χ0) is 16.8. The molecule has 0 bridgehead atoms. The van der Waals surface area contributed by atoms with Crippen molar-refractivity contribution in [3.63, 3.8) is 0 Å². The van der Waals surface area contributed by atoms with Gasteiger partial charge < -0.3 is 5.32 Å². The largest absolute Gasteiger partial charge is 0.375 e. The Bertz CT molecular complexity index is 718. The van der Waals surface area contributed by atoms with Crippen molar-refractivity contribution >= 4 is 29.4 Å². The molecule has 2 aromatic rings. The van der Waals surface area contributed by atoms with Crippen LogP contribution in [-0.2, 0) is 4.79 Å². The summed E-state index contributed by atoms with van der Waals surface area (Å²) in [6.45, 7) is 6.22. The number of carbonyl (C=O) groups excluding carboxylic acids is 1. The molecule has 5 heteroatoms. The van der Waals surface area contributed by atoms with Crippen molar-refractivity contribution in [1.82, 2.24) is 5.43 Å². The van der Waals surface area contributed by atoms with Crippen LogP contribution in [0.1, 0.15) is 22.3 Å².